The summed E-state index contributed by atoms with van der Waals surface area (Å²) in [4.78, 5) is 8.69. The van der Waals surface area contributed by atoms with Gasteiger partial charge in [-0.1, -0.05) is 12.1 Å². The van der Waals surface area contributed by atoms with Crippen molar-refractivity contribution in [3.8, 4) is 0 Å². The van der Waals surface area contributed by atoms with Gasteiger partial charge in [0.05, 0.1) is 0 Å². The number of pyridine rings is 2. The molecule has 0 aliphatic heterocycles. The van der Waals surface area contributed by atoms with Gasteiger partial charge in [0.15, 0.2) is 0 Å². The Balaban J connectivity index is 2.23. The number of nitrogens with one attached hydrogen (secondary N) is 1. The summed E-state index contributed by atoms with van der Waals surface area (Å²) >= 11 is 0. The summed E-state index contributed by atoms with van der Waals surface area (Å²) in [6.45, 7) is 4.09. The lowest BCUT2D eigenvalue weighted by molar-refractivity contribution is 0.584. The first-order valence-electron chi connectivity index (χ1n) is 6.21. The van der Waals surface area contributed by atoms with E-state index in [1.54, 1.807) is 6.20 Å². The summed E-state index contributed by atoms with van der Waals surface area (Å²) in [6.07, 6.45) is 4.65. The smallest absolute Gasteiger partial charge is 0.0423 e. The Morgan fingerprint density at radius 2 is 2.06 bits per heavy atom. The van der Waals surface area contributed by atoms with Gasteiger partial charge >= 0.3 is 0 Å². The zero-order valence-corrected chi connectivity index (χ0v) is 11.1. The molecule has 1 atom stereocenters. The SMILES string of the molecule is CNC(Cc1cccnc1)c1ccc(C)nc1C. The molecule has 1 N–H and O–H groups in total. The quantitative estimate of drug-likeness (QED) is 0.894. The van der Waals surface area contributed by atoms with Crippen molar-refractivity contribution < 1.29 is 0 Å². The Bertz CT molecular complexity index is 508. The summed E-state index contributed by atoms with van der Waals surface area (Å²) in [5, 5.41) is 3.36. The number of nitrogens with zero attached hydrogens (tertiary/aromatic N) is 2. The third-order valence-corrected chi connectivity index (χ3v) is 3.15. The molecule has 3 nitrogen and oxygen atoms in total. The van der Waals surface area contributed by atoms with E-state index in [4.69, 9.17) is 0 Å². The van der Waals surface area contributed by atoms with Crippen LogP contribution in [0.4, 0.5) is 0 Å². The van der Waals surface area contributed by atoms with E-state index >= 15 is 0 Å². The van der Waals surface area contributed by atoms with Crippen LogP contribution in [0.25, 0.3) is 0 Å². The molecule has 94 valence electrons. The van der Waals surface area contributed by atoms with Gasteiger partial charge in [-0.25, -0.2) is 0 Å². The second-order valence-corrected chi connectivity index (χ2v) is 4.53. The van der Waals surface area contributed by atoms with Crippen molar-refractivity contribution in [3.63, 3.8) is 0 Å². The fourth-order valence-electron chi connectivity index (χ4n) is 2.19. The Morgan fingerprint density at radius 1 is 1.22 bits per heavy atom. The highest BCUT2D eigenvalue weighted by Crippen LogP contribution is 2.20. The Hall–Kier alpha value is -1.74. The second kappa shape index (κ2) is 5.74. The predicted molar refractivity (Wildman–Crippen MR) is 73.5 cm³/mol. The van der Waals surface area contributed by atoms with Crippen LogP contribution in [-0.4, -0.2) is 17.0 Å². The summed E-state index contributed by atoms with van der Waals surface area (Å²) < 4.78 is 0. The summed E-state index contributed by atoms with van der Waals surface area (Å²) in [7, 11) is 1.99. The molecule has 0 spiro atoms. The number of likely N-dealkylation sites (N-methyl/N-ethyl adjacent to an activating group) is 1. The first kappa shape index (κ1) is 12.7. The summed E-state index contributed by atoms with van der Waals surface area (Å²) in [5.74, 6) is 0. The maximum absolute atomic E-state index is 4.53. The maximum Gasteiger partial charge on any atom is 0.0423 e. The van der Waals surface area contributed by atoms with Crippen LogP contribution in [0.2, 0.25) is 0 Å². The van der Waals surface area contributed by atoms with Gasteiger partial charge < -0.3 is 5.32 Å². The monoisotopic (exact) mass is 241 g/mol. The molecule has 0 bridgehead atoms. The van der Waals surface area contributed by atoms with E-state index in [1.165, 1.54) is 11.1 Å². The van der Waals surface area contributed by atoms with E-state index in [2.05, 4.69) is 40.4 Å². The van der Waals surface area contributed by atoms with Crippen molar-refractivity contribution in [1.29, 1.82) is 0 Å². The van der Waals surface area contributed by atoms with Crippen molar-refractivity contribution >= 4 is 0 Å². The van der Waals surface area contributed by atoms with Crippen molar-refractivity contribution in [2.24, 2.45) is 0 Å². The van der Waals surface area contributed by atoms with Gasteiger partial charge in [-0.3, -0.25) is 9.97 Å². The zero-order chi connectivity index (χ0) is 13.0. The first-order chi connectivity index (χ1) is 8.70. The van der Waals surface area contributed by atoms with Gasteiger partial charge in [-0.15, -0.1) is 0 Å². The van der Waals surface area contributed by atoms with Gasteiger partial charge in [-0.2, -0.15) is 0 Å². The lowest BCUT2D eigenvalue weighted by Crippen LogP contribution is -2.20. The van der Waals surface area contributed by atoms with Crippen LogP contribution in [0.15, 0.2) is 36.7 Å². The van der Waals surface area contributed by atoms with E-state index in [0.717, 1.165) is 17.8 Å². The predicted octanol–water partition coefficient (Wildman–Crippen LogP) is 2.60. The van der Waals surface area contributed by atoms with Crippen LogP contribution < -0.4 is 5.32 Å². The third-order valence-electron chi connectivity index (χ3n) is 3.15. The molecular formula is C15H19N3. The molecular weight excluding hydrogens is 222 g/mol. The van der Waals surface area contributed by atoms with Crippen LogP contribution in [0.3, 0.4) is 0 Å². The first-order valence-corrected chi connectivity index (χ1v) is 6.21. The molecule has 2 rings (SSSR count). The van der Waals surface area contributed by atoms with Crippen molar-refractivity contribution in [2.75, 3.05) is 7.05 Å². The van der Waals surface area contributed by atoms with E-state index in [1.807, 2.05) is 26.2 Å². The van der Waals surface area contributed by atoms with Crippen LogP contribution in [-0.2, 0) is 6.42 Å². The molecule has 0 radical (unpaired) electrons. The molecule has 2 heterocycles. The molecule has 2 aromatic rings. The fourth-order valence-corrected chi connectivity index (χ4v) is 2.19. The molecule has 0 aliphatic rings. The Kier molecular flexibility index (Phi) is 4.05. The highest BCUT2D eigenvalue weighted by atomic mass is 14.9. The normalized spacial score (nSPS) is 12.4. The molecule has 0 saturated heterocycles. The van der Waals surface area contributed by atoms with Gasteiger partial charge in [0.1, 0.15) is 0 Å². The maximum atomic E-state index is 4.53. The van der Waals surface area contributed by atoms with Crippen LogP contribution >= 0.6 is 0 Å². The van der Waals surface area contributed by atoms with Gasteiger partial charge in [0.25, 0.3) is 0 Å². The van der Waals surface area contributed by atoms with Crippen LogP contribution in [0.1, 0.15) is 28.6 Å². The number of rotatable bonds is 4. The lowest BCUT2D eigenvalue weighted by Gasteiger charge is -2.18. The van der Waals surface area contributed by atoms with E-state index in [9.17, 15) is 0 Å². The minimum Gasteiger partial charge on any atom is -0.313 e. The largest absolute Gasteiger partial charge is 0.313 e. The summed E-state index contributed by atoms with van der Waals surface area (Å²) in [5.41, 5.74) is 4.65. The van der Waals surface area contributed by atoms with E-state index in [0.29, 0.717) is 0 Å². The molecule has 0 aliphatic carbocycles. The number of hydrogen-bond donors (Lipinski definition) is 1. The zero-order valence-electron chi connectivity index (χ0n) is 11.1. The molecule has 3 heteroatoms. The van der Waals surface area contributed by atoms with Crippen LogP contribution in [0, 0.1) is 13.8 Å². The highest BCUT2D eigenvalue weighted by Gasteiger charge is 2.13. The van der Waals surface area contributed by atoms with Gasteiger partial charge in [0, 0.05) is 29.8 Å². The number of aromatic nitrogens is 2. The molecule has 18 heavy (non-hydrogen) atoms. The Morgan fingerprint density at radius 3 is 2.67 bits per heavy atom. The molecule has 2 aromatic heterocycles. The van der Waals surface area contributed by atoms with Crippen LogP contribution in [0.5, 0.6) is 0 Å². The minimum absolute atomic E-state index is 0.280. The summed E-state index contributed by atoms with van der Waals surface area (Å²) in [6, 6.07) is 8.59. The van der Waals surface area contributed by atoms with Crippen molar-refractivity contribution in [2.45, 2.75) is 26.3 Å². The standard InChI is InChI=1S/C15H19N3/c1-11-6-7-14(12(2)18-11)15(16-3)9-13-5-4-8-17-10-13/h4-8,10,15-16H,9H2,1-3H3. The Labute approximate surface area is 108 Å². The fraction of sp³-hybridized carbons (Fsp3) is 0.333. The van der Waals surface area contributed by atoms with E-state index < -0.39 is 0 Å². The molecule has 0 fully saturated rings. The average molecular weight is 241 g/mol. The van der Waals surface area contributed by atoms with Crippen molar-refractivity contribution in [3.05, 3.63) is 59.2 Å². The number of hydrogen-bond acceptors (Lipinski definition) is 3. The highest BCUT2D eigenvalue weighted by molar-refractivity contribution is 5.27. The lowest BCUT2D eigenvalue weighted by atomic mass is 9.98. The average Bonchev–Trinajstić information content (AvgIpc) is 2.38. The third kappa shape index (κ3) is 2.93. The van der Waals surface area contributed by atoms with Crippen molar-refractivity contribution in [1.82, 2.24) is 15.3 Å². The minimum atomic E-state index is 0.280. The molecule has 0 saturated carbocycles. The molecule has 0 amide bonds. The van der Waals surface area contributed by atoms with Gasteiger partial charge in [0.2, 0.25) is 0 Å². The molecule has 0 aromatic carbocycles. The van der Waals surface area contributed by atoms with E-state index in [-0.39, 0.29) is 6.04 Å². The molecule has 1 unspecified atom stereocenters. The second-order valence-electron chi connectivity index (χ2n) is 4.53. The topological polar surface area (TPSA) is 37.8 Å². The van der Waals surface area contributed by atoms with Gasteiger partial charge in [-0.05, 0) is 50.6 Å². The number of aryl methyl sites for hydroxylation is 2.